The quantitative estimate of drug-likeness (QED) is 0.208. The minimum atomic E-state index is -0.314. The topological polar surface area (TPSA) is 9.23 Å². The molecule has 1 heteroatoms. The monoisotopic (exact) mass is 524 g/mol. The van der Waals surface area contributed by atoms with Crippen LogP contribution >= 0.6 is 0 Å². The molecule has 0 saturated heterocycles. The Kier molecular flexibility index (Phi) is 4.39. The Morgan fingerprint density at radius 1 is 0.415 bits per heavy atom. The van der Waals surface area contributed by atoms with Gasteiger partial charge in [-0.3, -0.25) is 0 Å². The van der Waals surface area contributed by atoms with Gasteiger partial charge in [-0.15, -0.1) is 0 Å². The van der Waals surface area contributed by atoms with E-state index in [2.05, 4.69) is 147 Å². The highest BCUT2D eigenvalue weighted by Gasteiger charge is 2.51. The number of ether oxygens (including phenoxy) is 1. The molecule has 0 amide bonds. The summed E-state index contributed by atoms with van der Waals surface area (Å²) in [6.07, 6.45) is 0. The van der Waals surface area contributed by atoms with Crippen molar-refractivity contribution in [1.29, 1.82) is 0 Å². The summed E-state index contributed by atoms with van der Waals surface area (Å²) in [6, 6.07) is 49.1. The lowest BCUT2D eigenvalue weighted by Gasteiger charge is -2.35. The molecule has 0 saturated carbocycles. The SMILES string of the molecule is CC1(C)c2ccccc2Oc2c(-c3ccc4c(c3)-c3ccccc3C43c4ccccc4-c4ccccc43)cccc21. The Labute approximate surface area is 240 Å². The Hall–Kier alpha value is -4.88. The van der Waals surface area contributed by atoms with Gasteiger partial charge in [-0.25, -0.2) is 0 Å². The third kappa shape index (κ3) is 2.76. The van der Waals surface area contributed by atoms with E-state index in [-0.39, 0.29) is 10.8 Å². The first kappa shape index (κ1) is 22.9. The van der Waals surface area contributed by atoms with Gasteiger partial charge in [0, 0.05) is 22.1 Å². The van der Waals surface area contributed by atoms with Gasteiger partial charge in [-0.1, -0.05) is 135 Å². The predicted octanol–water partition coefficient (Wildman–Crippen LogP) is 10.1. The second-order valence-electron chi connectivity index (χ2n) is 12.1. The number of hydrogen-bond acceptors (Lipinski definition) is 1. The minimum Gasteiger partial charge on any atom is -0.456 e. The molecule has 1 heterocycles. The summed E-state index contributed by atoms with van der Waals surface area (Å²) >= 11 is 0. The summed E-state index contributed by atoms with van der Waals surface area (Å²) in [7, 11) is 0. The van der Waals surface area contributed by atoms with E-state index in [9.17, 15) is 0 Å². The van der Waals surface area contributed by atoms with E-state index in [0.717, 1.165) is 17.1 Å². The molecule has 1 spiro atoms. The fourth-order valence-corrected chi connectivity index (χ4v) is 7.96. The number of benzene rings is 6. The lowest BCUT2D eigenvalue weighted by atomic mass is 9.70. The minimum absolute atomic E-state index is 0.148. The summed E-state index contributed by atoms with van der Waals surface area (Å²) in [5.74, 6) is 1.91. The molecule has 0 radical (unpaired) electrons. The van der Waals surface area contributed by atoms with E-state index in [1.165, 1.54) is 61.2 Å². The van der Waals surface area contributed by atoms with Crippen LogP contribution in [-0.4, -0.2) is 0 Å². The van der Waals surface area contributed by atoms with Crippen LogP contribution in [0.25, 0.3) is 33.4 Å². The average Bonchev–Trinajstić information content (AvgIpc) is 3.48. The molecule has 0 unspecified atom stereocenters. The van der Waals surface area contributed by atoms with Gasteiger partial charge in [0.05, 0.1) is 5.41 Å². The highest BCUT2D eigenvalue weighted by molar-refractivity contribution is 5.96. The summed E-state index contributed by atoms with van der Waals surface area (Å²) in [4.78, 5) is 0. The number of para-hydroxylation sites is 2. The lowest BCUT2D eigenvalue weighted by Crippen LogP contribution is -2.25. The predicted molar refractivity (Wildman–Crippen MR) is 167 cm³/mol. The van der Waals surface area contributed by atoms with Crippen LogP contribution in [0.2, 0.25) is 0 Å². The van der Waals surface area contributed by atoms with Crippen LogP contribution < -0.4 is 4.74 Å². The molecule has 41 heavy (non-hydrogen) atoms. The van der Waals surface area contributed by atoms with Gasteiger partial charge in [0.15, 0.2) is 0 Å². The molecule has 1 aliphatic heterocycles. The molecule has 0 atom stereocenters. The maximum atomic E-state index is 6.67. The standard InChI is InChI=1S/C40H28O/c1-39(2)35-19-9-10-21-37(35)41-38-26(15-11-20-36(38)39)25-22-23-34-30(24-25)29-14-5-8-18-33(29)40(34)31-16-6-3-12-27(31)28-13-4-7-17-32(28)40/h3-24H,1-2H3. The zero-order chi connectivity index (χ0) is 27.3. The first-order chi connectivity index (χ1) is 20.1. The van der Waals surface area contributed by atoms with E-state index in [1.54, 1.807) is 0 Å². The van der Waals surface area contributed by atoms with Crippen LogP contribution in [0.5, 0.6) is 11.5 Å². The van der Waals surface area contributed by atoms with E-state index in [0.29, 0.717) is 0 Å². The van der Waals surface area contributed by atoms with Crippen LogP contribution in [0.15, 0.2) is 133 Å². The van der Waals surface area contributed by atoms with Gasteiger partial charge in [0.1, 0.15) is 11.5 Å². The van der Waals surface area contributed by atoms with Crippen LogP contribution in [0, 0.1) is 0 Å². The zero-order valence-corrected chi connectivity index (χ0v) is 23.1. The summed E-state index contributed by atoms with van der Waals surface area (Å²) in [5, 5.41) is 0. The third-order valence-electron chi connectivity index (χ3n) is 9.77. The van der Waals surface area contributed by atoms with Crippen molar-refractivity contribution in [2.24, 2.45) is 0 Å². The van der Waals surface area contributed by atoms with Gasteiger partial charge in [-0.05, 0) is 62.2 Å². The van der Waals surface area contributed by atoms with E-state index >= 15 is 0 Å². The largest absolute Gasteiger partial charge is 0.456 e. The Bertz CT molecular complexity index is 2020. The molecule has 6 aromatic carbocycles. The van der Waals surface area contributed by atoms with Crippen LogP contribution in [-0.2, 0) is 10.8 Å². The first-order valence-electron chi connectivity index (χ1n) is 14.4. The molecule has 194 valence electrons. The van der Waals surface area contributed by atoms with Crippen LogP contribution in [0.4, 0.5) is 0 Å². The zero-order valence-electron chi connectivity index (χ0n) is 23.1. The highest BCUT2D eigenvalue weighted by atomic mass is 16.5. The van der Waals surface area contributed by atoms with E-state index < -0.39 is 0 Å². The molecule has 2 aliphatic carbocycles. The maximum Gasteiger partial charge on any atom is 0.139 e. The van der Waals surface area contributed by atoms with Gasteiger partial charge < -0.3 is 4.74 Å². The molecule has 9 rings (SSSR count). The maximum absolute atomic E-state index is 6.67. The summed E-state index contributed by atoms with van der Waals surface area (Å²) in [6.45, 7) is 4.60. The fraction of sp³-hybridized carbons (Fsp3) is 0.100. The second-order valence-corrected chi connectivity index (χ2v) is 12.1. The van der Waals surface area contributed by atoms with Gasteiger partial charge in [0.25, 0.3) is 0 Å². The molecule has 1 nitrogen and oxygen atoms in total. The van der Waals surface area contributed by atoms with Gasteiger partial charge in [-0.2, -0.15) is 0 Å². The van der Waals surface area contributed by atoms with Crippen molar-refractivity contribution in [2.75, 3.05) is 0 Å². The molecule has 0 aromatic heterocycles. The second kappa shape index (κ2) is 7.86. The van der Waals surface area contributed by atoms with Crippen molar-refractivity contribution in [3.8, 4) is 44.9 Å². The van der Waals surface area contributed by atoms with Crippen molar-refractivity contribution in [1.82, 2.24) is 0 Å². The van der Waals surface area contributed by atoms with E-state index in [4.69, 9.17) is 4.74 Å². The first-order valence-corrected chi connectivity index (χ1v) is 14.4. The molecule has 0 fully saturated rings. The highest BCUT2D eigenvalue weighted by Crippen LogP contribution is 2.63. The van der Waals surface area contributed by atoms with Crippen molar-refractivity contribution < 1.29 is 4.74 Å². The lowest BCUT2D eigenvalue weighted by molar-refractivity contribution is 0.419. The molecule has 0 N–H and O–H groups in total. The van der Waals surface area contributed by atoms with Crippen molar-refractivity contribution >= 4 is 0 Å². The van der Waals surface area contributed by atoms with Crippen molar-refractivity contribution in [3.05, 3.63) is 167 Å². The number of rotatable bonds is 1. The molecule has 6 aromatic rings. The third-order valence-corrected chi connectivity index (χ3v) is 9.77. The summed E-state index contributed by atoms with van der Waals surface area (Å²) < 4.78 is 6.67. The summed E-state index contributed by atoms with van der Waals surface area (Å²) in [5.41, 5.74) is 15.1. The molecule has 0 bridgehead atoms. The Morgan fingerprint density at radius 2 is 0.902 bits per heavy atom. The van der Waals surface area contributed by atoms with Gasteiger partial charge in [0.2, 0.25) is 0 Å². The smallest absolute Gasteiger partial charge is 0.139 e. The fourth-order valence-electron chi connectivity index (χ4n) is 7.96. The normalized spacial score (nSPS) is 15.7. The molecular formula is C40H28O. The Balaban J connectivity index is 1.30. The van der Waals surface area contributed by atoms with Crippen molar-refractivity contribution in [3.63, 3.8) is 0 Å². The number of fused-ring (bicyclic) bond motifs is 12. The van der Waals surface area contributed by atoms with Gasteiger partial charge >= 0.3 is 0 Å². The molecule has 3 aliphatic rings. The average molecular weight is 525 g/mol. The number of hydrogen-bond donors (Lipinski definition) is 0. The Morgan fingerprint density at radius 3 is 1.56 bits per heavy atom. The van der Waals surface area contributed by atoms with Crippen LogP contribution in [0.1, 0.15) is 47.2 Å². The van der Waals surface area contributed by atoms with Crippen molar-refractivity contribution in [2.45, 2.75) is 24.7 Å². The molecular weight excluding hydrogens is 496 g/mol. The van der Waals surface area contributed by atoms with Crippen LogP contribution in [0.3, 0.4) is 0 Å². The van der Waals surface area contributed by atoms with E-state index in [1.807, 2.05) is 0 Å².